The second-order valence-electron chi connectivity index (χ2n) is 6.04. The maximum atomic E-state index is 5.96. The monoisotopic (exact) mass is 276 g/mol. The lowest BCUT2D eigenvalue weighted by atomic mass is 9.96. The number of fused-ring (bicyclic) bond motifs is 1. The van der Waals surface area contributed by atoms with Crippen molar-refractivity contribution < 1.29 is 4.74 Å². The van der Waals surface area contributed by atoms with Gasteiger partial charge in [-0.2, -0.15) is 0 Å². The molecule has 0 N–H and O–H groups in total. The molecule has 2 aromatic carbocycles. The molecule has 0 amide bonds. The van der Waals surface area contributed by atoms with Gasteiger partial charge in [0.05, 0.1) is 6.10 Å². The van der Waals surface area contributed by atoms with E-state index in [0.717, 1.165) is 12.5 Å². The summed E-state index contributed by atoms with van der Waals surface area (Å²) in [5, 5.41) is 0. The van der Waals surface area contributed by atoms with Crippen LogP contribution in [0, 0.1) is 11.8 Å². The van der Waals surface area contributed by atoms with Crippen LogP contribution in [-0.2, 0) is 4.74 Å². The molecule has 1 aliphatic carbocycles. The van der Waals surface area contributed by atoms with E-state index in [2.05, 4.69) is 66.7 Å². The Kier molecular flexibility index (Phi) is 3.36. The Hall–Kier alpha value is -1.86. The minimum absolute atomic E-state index is 0.453. The van der Waals surface area contributed by atoms with E-state index < -0.39 is 0 Å². The highest BCUT2D eigenvalue weighted by atomic mass is 16.5. The molecule has 0 bridgehead atoms. The molecule has 0 aromatic heterocycles. The number of ether oxygens (including phenoxy) is 1. The predicted molar refractivity (Wildman–Crippen MR) is 86.7 cm³/mol. The van der Waals surface area contributed by atoms with Gasteiger partial charge >= 0.3 is 0 Å². The molecule has 3 atom stereocenters. The minimum atomic E-state index is 0.453. The SMILES string of the molecule is C(=C(/c1ccccc1)[C@H]1[C@@H]2CCCO[C@@H]21)/c1ccccc1. The van der Waals surface area contributed by atoms with Crippen LogP contribution < -0.4 is 0 Å². The lowest BCUT2D eigenvalue weighted by Gasteiger charge is -2.08. The maximum absolute atomic E-state index is 5.96. The van der Waals surface area contributed by atoms with Crippen LogP contribution in [-0.4, -0.2) is 12.7 Å². The Balaban J connectivity index is 1.72. The summed E-state index contributed by atoms with van der Waals surface area (Å²) in [6.07, 6.45) is 5.33. The summed E-state index contributed by atoms with van der Waals surface area (Å²) < 4.78 is 5.96. The zero-order chi connectivity index (χ0) is 14.1. The van der Waals surface area contributed by atoms with Gasteiger partial charge in [-0.15, -0.1) is 0 Å². The summed E-state index contributed by atoms with van der Waals surface area (Å²) in [7, 11) is 0. The third-order valence-corrected chi connectivity index (χ3v) is 4.68. The first-order chi connectivity index (χ1) is 10.4. The molecule has 106 valence electrons. The molecule has 0 spiro atoms. The summed E-state index contributed by atoms with van der Waals surface area (Å²) in [4.78, 5) is 0. The fraction of sp³-hybridized carbons (Fsp3) is 0.300. The van der Waals surface area contributed by atoms with Gasteiger partial charge in [-0.1, -0.05) is 66.7 Å². The van der Waals surface area contributed by atoms with E-state index in [9.17, 15) is 0 Å². The summed E-state index contributed by atoms with van der Waals surface area (Å²) in [5.74, 6) is 1.31. The Labute approximate surface area is 126 Å². The first-order valence-electron chi connectivity index (χ1n) is 7.87. The van der Waals surface area contributed by atoms with E-state index in [4.69, 9.17) is 4.74 Å². The van der Waals surface area contributed by atoms with Gasteiger partial charge in [0.15, 0.2) is 0 Å². The van der Waals surface area contributed by atoms with E-state index in [0.29, 0.717) is 12.0 Å². The maximum Gasteiger partial charge on any atom is 0.0682 e. The topological polar surface area (TPSA) is 9.23 Å². The van der Waals surface area contributed by atoms with E-state index in [1.54, 1.807) is 0 Å². The lowest BCUT2D eigenvalue weighted by molar-refractivity contribution is 0.0775. The van der Waals surface area contributed by atoms with Crippen molar-refractivity contribution in [3.05, 3.63) is 71.8 Å². The van der Waals surface area contributed by atoms with E-state index >= 15 is 0 Å². The largest absolute Gasteiger partial charge is 0.377 e. The van der Waals surface area contributed by atoms with Gasteiger partial charge in [0, 0.05) is 12.5 Å². The van der Waals surface area contributed by atoms with Crippen molar-refractivity contribution in [1.82, 2.24) is 0 Å². The van der Waals surface area contributed by atoms with Gasteiger partial charge in [-0.25, -0.2) is 0 Å². The first-order valence-corrected chi connectivity index (χ1v) is 7.87. The summed E-state index contributed by atoms with van der Waals surface area (Å²) in [6.45, 7) is 0.936. The average Bonchev–Trinajstić information content (AvgIpc) is 3.29. The number of hydrogen-bond acceptors (Lipinski definition) is 1. The molecule has 0 unspecified atom stereocenters. The molecule has 2 aromatic rings. The van der Waals surface area contributed by atoms with Crippen LogP contribution in [0.5, 0.6) is 0 Å². The Bertz CT molecular complexity index is 617. The second kappa shape index (κ2) is 5.50. The molecule has 1 saturated heterocycles. The molecular weight excluding hydrogens is 256 g/mol. The Morgan fingerprint density at radius 1 is 0.952 bits per heavy atom. The van der Waals surface area contributed by atoms with Gasteiger partial charge < -0.3 is 4.74 Å². The quantitative estimate of drug-likeness (QED) is 0.741. The molecule has 2 fully saturated rings. The van der Waals surface area contributed by atoms with Gasteiger partial charge in [0.25, 0.3) is 0 Å². The number of rotatable bonds is 3. The highest BCUT2D eigenvalue weighted by molar-refractivity contribution is 5.84. The van der Waals surface area contributed by atoms with Gasteiger partial charge in [-0.3, -0.25) is 0 Å². The van der Waals surface area contributed by atoms with Crippen molar-refractivity contribution in [3.63, 3.8) is 0 Å². The summed E-state index contributed by atoms with van der Waals surface area (Å²) in [5.41, 5.74) is 4.06. The van der Waals surface area contributed by atoms with Gasteiger partial charge in [0.2, 0.25) is 0 Å². The standard InChI is InChI=1S/C20H20O/c1-3-8-15(9-4-1)14-18(16-10-5-2-6-11-16)19-17-12-7-13-21-20(17)19/h1-6,8-11,14,17,19-20H,7,12-13H2/b18-14+/t17-,19+,20-/m0/s1. The predicted octanol–water partition coefficient (Wildman–Crippen LogP) is 4.65. The number of hydrogen-bond donors (Lipinski definition) is 0. The van der Waals surface area contributed by atoms with Crippen molar-refractivity contribution >= 4 is 11.6 Å². The zero-order valence-corrected chi connectivity index (χ0v) is 12.1. The fourth-order valence-corrected chi connectivity index (χ4v) is 3.59. The smallest absolute Gasteiger partial charge is 0.0682 e. The van der Waals surface area contributed by atoms with Crippen molar-refractivity contribution in [1.29, 1.82) is 0 Å². The summed E-state index contributed by atoms with van der Waals surface area (Å²) >= 11 is 0. The van der Waals surface area contributed by atoms with Gasteiger partial charge in [0.1, 0.15) is 0 Å². The zero-order valence-electron chi connectivity index (χ0n) is 12.1. The fourth-order valence-electron chi connectivity index (χ4n) is 3.59. The third kappa shape index (κ3) is 2.54. The van der Waals surface area contributed by atoms with Crippen molar-refractivity contribution in [3.8, 4) is 0 Å². The van der Waals surface area contributed by atoms with E-state index in [1.165, 1.54) is 29.5 Å². The Morgan fingerprint density at radius 3 is 2.33 bits per heavy atom. The number of benzene rings is 2. The summed E-state index contributed by atoms with van der Waals surface area (Å²) in [6, 6.07) is 21.4. The first kappa shape index (κ1) is 12.8. The minimum Gasteiger partial charge on any atom is -0.377 e. The van der Waals surface area contributed by atoms with Gasteiger partial charge in [-0.05, 0) is 35.5 Å². The van der Waals surface area contributed by atoms with Crippen LogP contribution >= 0.6 is 0 Å². The molecular formula is C20H20O. The van der Waals surface area contributed by atoms with Crippen LogP contribution in [0.4, 0.5) is 0 Å². The Morgan fingerprint density at radius 2 is 1.67 bits per heavy atom. The highest BCUT2D eigenvalue weighted by Crippen LogP contribution is 2.55. The molecule has 1 aliphatic heterocycles. The third-order valence-electron chi connectivity index (χ3n) is 4.68. The molecule has 1 nitrogen and oxygen atoms in total. The molecule has 1 saturated carbocycles. The molecule has 0 radical (unpaired) electrons. The average molecular weight is 276 g/mol. The van der Waals surface area contributed by atoms with Crippen molar-refractivity contribution in [2.75, 3.05) is 6.61 Å². The highest BCUT2D eigenvalue weighted by Gasteiger charge is 2.54. The molecule has 1 heteroatoms. The van der Waals surface area contributed by atoms with Crippen molar-refractivity contribution in [2.24, 2.45) is 11.8 Å². The molecule has 1 heterocycles. The lowest BCUT2D eigenvalue weighted by Crippen LogP contribution is -2.06. The van der Waals surface area contributed by atoms with Crippen molar-refractivity contribution in [2.45, 2.75) is 18.9 Å². The van der Waals surface area contributed by atoms with E-state index in [1.807, 2.05) is 0 Å². The van der Waals surface area contributed by atoms with Crippen LogP contribution in [0.3, 0.4) is 0 Å². The van der Waals surface area contributed by atoms with Crippen LogP contribution in [0.1, 0.15) is 24.0 Å². The van der Waals surface area contributed by atoms with E-state index in [-0.39, 0.29) is 0 Å². The molecule has 4 rings (SSSR count). The van der Waals surface area contributed by atoms with Crippen LogP contribution in [0.2, 0.25) is 0 Å². The normalized spacial score (nSPS) is 28.0. The van der Waals surface area contributed by atoms with Crippen LogP contribution in [0.25, 0.3) is 11.6 Å². The second-order valence-corrected chi connectivity index (χ2v) is 6.04. The van der Waals surface area contributed by atoms with Crippen LogP contribution in [0.15, 0.2) is 60.7 Å². The molecule has 21 heavy (non-hydrogen) atoms. The molecule has 2 aliphatic rings.